The number of rotatable bonds is 8. The molecule has 20 heavy (non-hydrogen) atoms. The molecule has 0 aliphatic carbocycles. The van der Waals surface area contributed by atoms with Gasteiger partial charge in [-0.1, -0.05) is 19.1 Å². The molecule has 0 radical (unpaired) electrons. The molecule has 0 saturated heterocycles. The molecule has 0 heterocycles. The second-order valence-electron chi connectivity index (χ2n) is 4.37. The number of nitrogens with one attached hydrogen (secondary N) is 2. The molecule has 1 rings (SSSR count). The van der Waals surface area contributed by atoms with E-state index in [1.54, 1.807) is 12.1 Å². The number of carboxylic acids is 1. The summed E-state index contributed by atoms with van der Waals surface area (Å²) in [4.78, 5) is 22.7. The van der Waals surface area contributed by atoms with Crippen LogP contribution < -0.4 is 10.6 Å². The number of carboxylic acid groups (broad SMARTS) is 1. The van der Waals surface area contributed by atoms with Crippen LogP contribution in [0.5, 0.6) is 0 Å². The Kier molecular flexibility index (Phi) is 6.69. The van der Waals surface area contributed by atoms with Crippen molar-refractivity contribution in [2.45, 2.75) is 25.8 Å². The monoisotopic (exact) mass is 280 g/mol. The molecular weight excluding hydrogens is 260 g/mol. The van der Waals surface area contributed by atoms with Gasteiger partial charge in [0.2, 0.25) is 5.91 Å². The molecule has 1 aromatic rings. The van der Waals surface area contributed by atoms with E-state index >= 15 is 0 Å². The van der Waals surface area contributed by atoms with Gasteiger partial charge < -0.3 is 20.8 Å². The summed E-state index contributed by atoms with van der Waals surface area (Å²) in [5.41, 5.74) is 1.80. The number of aliphatic hydroxyl groups excluding tert-OH is 1. The average Bonchev–Trinajstić information content (AvgIpc) is 2.44. The molecule has 1 atom stereocenters. The number of hydrogen-bond acceptors (Lipinski definition) is 4. The first-order valence-electron chi connectivity index (χ1n) is 6.52. The summed E-state index contributed by atoms with van der Waals surface area (Å²) in [5.74, 6) is -1.50. The predicted octanol–water partition coefficient (Wildman–Crippen LogP) is 0.613. The molecule has 0 aromatic heterocycles. The lowest BCUT2D eigenvalue weighted by molar-refractivity contribution is -0.141. The van der Waals surface area contributed by atoms with Crippen molar-refractivity contribution in [3.63, 3.8) is 0 Å². The van der Waals surface area contributed by atoms with Gasteiger partial charge in [0.15, 0.2) is 0 Å². The molecule has 0 fully saturated rings. The average molecular weight is 280 g/mol. The van der Waals surface area contributed by atoms with E-state index in [0.29, 0.717) is 5.69 Å². The SMILES string of the molecule is CCc1ccc(NC(=O)CC(NCCO)C(=O)O)cc1. The van der Waals surface area contributed by atoms with Crippen molar-refractivity contribution in [3.8, 4) is 0 Å². The molecule has 1 amide bonds. The van der Waals surface area contributed by atoms with Crippen molar-refractivity contribution in [3.05, 3.63) is 29.8 Å². The first-order valence-corrected chi connectivity index (χ1v) is 6.52. The summed E-state index contributed by atoms with van der Waals surface area (Å²) >= 11 is 0. The quantitative estimate of drug-likeness (QED) is 0.559. The lowest BCUT2D eigenvalue weighted by Crippen LogP contribution is -2.41. The van der Waals surface area contributed by atoms with Crippen LogP contribution >= 0.6 is 0 Å². The third kappa shape index (κ3) is 5.38. The first kappa shape index (κ1) is 16.1. The summed E-state index contributed by atoms with van der Waals surface area (Å²) in [6.45, 7) is 2.00. The second-order valence-corrected chi connectivity index (χ2v) is 4.37. The zero-order chi connectivity index (χ0) is 15.0. The molecule has 0 saturated carbocycles. The zero-order valence-electron chi connectivity index (χ0n) is 11.4. The standard InChI is InChI=1S/C14H20N2O4/c1-2-10-3-5-11(6-4-10)16-13(18)9-12(14(19)20)15-7-8-17/h3-6,12,15,17H,2,7-9H2,1H3,(H,16,18)(H,19,20). The van der Waals surface area contributed by atoms with Crippen molar-refractivity contribution in [2.75, 3.05) is 18.5 Å². The molecule has 0 bridgehead atoms. The number of hydrogen-bond donors (Lipinski definition) is 4. The Morgan fingerprint density at radius 3 is 2.40 bits per heavy atom. The van der Waals surface area contributed by atoms with Crippen molar-refractivity contribution in [1.82, 2.24) is 5.32 Å². The third-order valence-corrected chi connectivity index (χ3v) is 2.84. The summed E-state index contributed by atoms with van der Waals surface area (Å²) in [6, 6.07) is 6.39. The number of aliphatic hydroxyl groups is 1. The Balaban J connectivity index is 2.53. The Morgan fingerprint density at radius 2 is 1.90 bits per heavy atom. The molecule has 1 aromatic carbocycles. The lowest BCUT2D eigenvalue weighted by Gasteiger charge is -2.13. The fourth-order valence-corrected chi connectivity index (χ4v) is 1.71. The number of carbonyl (C=O) groups is 2. The Bertz CT molecular complexity index is 445. The molecule has 0 aliphatic heterocycles. The van der Waals surface area contributed by atoms with Crippen LogP contribution in [0.4, 0.5) is 5.69 Å². The van der Waals surface area contributed by atoms with E-state index in [1.807, 2.05) is 19.1 Å². The first-order chi connectivity index (χ1) is 9.56. The van der Waals surface area contributed by atoms with Gasteiger partial charge in [-0.25, -0.2) is 0 Å². The van der Waals surface area contributed by atoms with Crippen molar-refractivity contribution < 1.29 is 19.8 Å². The predicted molar refractivity (Wildman–Crippen MR) is 75.6 cm³/mol. The van der Waals surface area contributed by atoms with Crippen molar-refractivity contribution in [2.24, 2.45) is 0 Å². The van der Waals surface area contributed by atoms with Crippen LogP contribution in [0.15, 0.2) is 24.3 Å². The number of aliphatic carboxylic acids is 1. The van der Waals surface area contributed by atoms with E-state index < -0.39 is 12.0 Å². The van der Waals surface area contributed by atoms with E-state index in [2.05, 4.69) is 10.6 Å². The highest BCUT2D eigenvalue weighted by molar-refractivity contribution is 5.94. The minimum atomic E-state index is -1.12. The molecule has 6 heteroatoms. The van der Waals surface area contributed by atoms with E-state index in [-0.39, 0.29) is 25.5 Å². The molecule has 1 unspecified atom stereocenters. The molecule has 0 aliphatic rings. The van der Waals surface area contributed by atoms with Crippen molar-refractivity contribution in [1.29, 1.82) is 0 Å². The molecule has 4 N–H and O–H groups in total. The van der Waals surface area contributed by atoms with Gasteiger partial charge in [-0.2, -0.15) is 0 Å². The van der Waals surface area contributed by atoms with Crippen LogP contribution in [0.25, 0.3) is 0 Å². The minimum Gasteiger partial charge on any atom is -0.480 e. The van der Waals surface area contributed by atoms with Gasteiger partial charge in [0.05, 0.1) is 13.0 Å². The van der Waals surface area contributed by atoms with Gasteiger partial charge >= 0.3 is 5.97 Å². The highest BCUT2D eigenvalue weighted by Crippen LogP contribution is 2.10. The maximum Gasteiger partial charge on any atom is 0.321 e. The number of amides is 1. The molecule has 0 spiro atoms. The van der Waals surface area contributed by atoms with Gasteiger partial charge in [-0.05, 0) is 24.1 Å². The fourth-order valence-electron chi connectivity index (χ4n) is 1.71. The van der Waals surface area contributed by atoms with E-state index in [0.717, 1.165) is 12.0 Å². The number of aryl methyl sites for hydroxylation is 1. The van der Waals surface area contributed by atoms with E-state index in [1.165, 1.54) is 0 Å². The smallest absolute Gasteiger partial charge is 0.321 e. The van der Waals surface area contributed by atoms with Gasteiger partial charge in [0, 0.05) is 12.2 Å². The van der Waals surface area contributed by atoms with E-state index in [4.69, 9.17) is 10.2 Å². The third-order valence-electron chi connectivity index (χ3n) is 2.84. The summed E-state index contributed by atoms with van der Waals surface area (Å²) in [5, 5.41) is 22.9. The Morgan fingerprint density at radius 1 is 1.25 bits per heavy atom. The Labute approximate surface area is 117 Å². The Hall–Kier alpha value is -1.92. The van der Waals surface area contributed by atoms with Crippen LogP contribution in [0.3, 0.4) is 0 Å². The van der Waals surface area contributed by atoms with Gasteiger partial charge in [-0.15, -0.1) is 0 Å². The number of carbonyl (C=O) groups excluding carboxylic acids is 1. The minimum absolute atomic E-state index is 0.134. The zero-order valence-corrected chi connectivity index (χ0v) is 11.4. The molecular formula is C14H20N2O4. The van der Waals surface area contributed by atoms with Crippen LogP contribution in [-0.2, 0) is 16.0 Å². The lowest BCUT2D eigenvalue weighted by atomic mass is 10.1. The normalized spacial score (nSPS) is 11.9. The topological polar surface area (TPSA) is 98.7 Å². The number of benzene rings is 1. The maximum atomic E-state index is 11.8. The van der Waals surface area contributed by atoms with Crippen LogP contribution in [-0.4, -0.2) is 41.3 Å². The van der Waals surface area contributed by atoms with Crippen molar-refractivity contribution >= 4 is 17.6 Å². The number of anilines is 1. The highest BCUT2D eigenvalue weighted by Gasteiger charge is 2.20. The van der Waals surface area contributed by atoms with Gasteiger partial charge in [0.25, 0.3) is 0 Å². The molecule has 110 valence electrons. The summed E-state index contributed by atoms with van der Waals surface area (Å²) < 4.78 is 0. The van der Waals surface area contributed by atoms with Crippen LogP contribution in [0, 0.1) is 0 Å². The molecule has 6 nitrogen and oxygen atoms in total. The highest BCUT2D eigenvalue weighted by atomic mass is 16.4. The summed E-state index contributed by atoms with van der Waals surface area (Å²) in [7, 11) is 0. The van der Waals surface area contributed by atoms with Gasteiger partial charge in [-0.3, -0.25) is 9.59 Å². The van der Waals surface area contributed by atoms with Crippen LogP contribution in [0.1, 0.15) is 18.9 Å². The van der Waals surface area contributed by atoms with Gasteiger partial charge in [0.1, 0.15) is 6.04 Å². The fraction of sp³-hybridized carbons (Fsp3) is 0.429. The largest absolute Gasteiger partial charge is 0.480 e. The second kappa shape index (κ2) is 8.29. The van der Waals surface area contributed by atoms with E-state index in [9.17, 15) is 9.59 Å². The summed E-state index contributed by atoms with van der Waals surface area (Å²) in [6.07, 6.45) is 0.727. The maximum absolute atomic E-state index is 11.8. The van der Waals surface area contributed by atoms with Crippen LogP contribution in [0.2, 0.25) is 0 Å².